The molecule has 1 amide bonds. The van der Waals surface area contributed by atoms with E-state index in [0.29, 0.717) is 24.6 Å². The number of nitrogens with one attached hydrogen (secondary N) is 1. The summed E-state index contributed by atoms with van der Waals surface area (Å²) in [6.45, 7) is 5.35. The van der Waals surface area contributed by atoms with Crippen molar-refractivity contribution in [2.24, 2.45) is 5.92 Å². The molecule has 0 radical (unpaired) electrons. The number of hydrogen-bond acceptors (Lipinski definition) is 3. The normalized spacial score (nSPS) is 10.6. The van der Waals surface area contributed by atoms with Crippen molar-refractivity contribution < 1.29 is 13.9 Å². The highest BCUT2D eigenvalue weighted by Crippen LogP contribution is 2.14. The van der Waals surface area contributed by atoms with Crippen molar-refractivity contribution >= 4 is 5.91 Å². The first kappa shape index (κ1) is 15.2. The average molecular weight is 287 g/mol. The SMILES string of the molecule is CC(C)CCOc1cccc(C(=O)NCc2ccco2)c1. The molecule has 0 spiro atoms. The fourth-order valence-corrected chi connectivity index (χ4v) is 1.82. The van der Waals surface area contributed by atoms with E-state index in [-0.39, 0.29) is 5.91 Å². The quantitative estimate of drug-likeness (QED) is 0.846. The van der Waals surface area contributed by atoms with E-state index in [2.05, 4.69) is 19.2 Å². The van der Waals surface area contributed by atoms with Crippen LogP contribution in [0.2, 0.25) is 0 Å². The molecule has 0 atom stereocenters. The van der Waals surface area contributed by atoms with Gasteiger partial charge in [-0.3, -0.25) is 4.79 Å². The Bertz CT molecular complexity index is 561. The maximum Gasteiger partial charge on any atom is 0.251 e. The summed E-state index contributed by atoms with van der Waals surface area (Å²) in [4.78, 5) is 12.1. The maximum atomic E-state index is 12.1. The molecule has 0 aliphatic heterocycles. The van der Waals surface area contributed by atoms with Crippen molar-refractivity contribution in [1.29, 1.82) is 0 Å². The van der Waals surface area contributed by atoms with Gasteiger partial charge in [0.2, 0.25) is 0 Å². The first-order valence-corrected chi connectivity index (χ1v) is 7.18. The number of benzene rings is 1. The van der Waals surface area contributed by atoms with Gasteiger partial charge in [0.1, 0.15) is 11.5 Å². The Labute approximate surface area is 125 Å². The molecule has 1 aromatic heterocycles. The van der Waals surface area contributed by atoms with Gasteiger partial charge in [-0.05, 0) is 42.7 Å². The van der Waals surface area contributed by atoms with Gasteiger partial charge in [0.15, 0.2) is 0 Å². The number of carbonyl (C=O) groups is 1. The maximum absolute atomic E-state index is 12.1. The number of ether oxygens (including phenoxy) is 1. The van der Waals surface area contributed by atoms with Crippen LogP contribution in [-0.2, 0) is 6.54 Å². The molecule has 2 aromatic rings. The van der Waals surface area contributed by atoms with Crippen LogP contribution in [-0.4, -0.2) is 12.5 Å². The molecule has 21 heavy (non-hydrogen) atoms. The van der Waals surface area contributed by atoms with Crippen molar-refractivity contribution in [2.75, 3.05) is 6.61 Å². The Balaban J connectivity index is 1.88. The van der Waals surface area contributed by atoms with Crippen molar-refractivity contribution in [3.05, 3.63) is 54.0 Å². The van der Waals surface area contributed by atoms with Crippen LogP contribution in [0.4, 0.5) is 0 Å². The number of amides is 1. The lowest BCUT2D eigenvalue weighted by atomic mass is 10.1. The van der Waals surface area contributed by atoms with Gasteiger partial charge in [-0.1, -0.05) is 19.9 Å². The number of furan rings is 1. The lowest BCUT2D eigenvalue weighted by Crippen LogP contribution is -2.22. The van der Waals surface area contributed by atoms with Crippen molar-refractivity contribution in [2.45, 2.75) is 26.8 Å². The second kappa shape index (κ2) is 7.53. The van der Waals surface area contributed by atoms with Gasteiger partial charge < -0.3 is 14.5 Å². The molecule has 0 bridgehead atoms. The summed E-state index contributed by atoms with van der Waals surface area (Å²) in [7, 11) is 0. The topological polar surface area (TPSA) is 51.5 Å². The van der Waals surface area contributed by atoms with Gasteiger partial charge in [-0.25, -0.2) is 0 Å². The van der Waals surface area contributed by atoms with Crippen LogP contribution >= 0.6 is 0 Å². The molecule has 112 valence electrons. The summed E-state index contributed by atoms with van der Waals surface area (Å²) in [5.74, 6) is 1.92. The van der Waals surface area contributed by atoms with Crippen LogP contribution in [0.5, 0.6) is 5.75 Å². The van der Waals surface area contributed by atoms with E-state index in [1.807, 2.05) is 18.2 Å². The second-order valence-electron chi connectivity index (χ2n) is 5.32. The van der Waals surface area contributed by atoms with Crippen LogP contribution in [0.25, 0.3) is 0 Å². The van der Waals surface area contributed by atoms with Crippen LogP contribution in [0.15, 0.2) is 47.1 Å². The fourth-order valence-electron chi connectivity index (χ4n) is 1.82. The fraction of sp³-hybridized carbons (Fsp3) is 0.353. The van der Waals surface area contributed by atoms with E-state index in [4.69, 9.17) is 9.15 Å². The van der Waals surface area contributed by atoms with Crippen LogP contribution < -0.4 is 10.1 Å². The molecular weight excluding hydrogens is 266 g/mol. The van der Waals surface area contributed by atoms with E-state index in [1.54, 1.807) is 24.5 Å². The average Bonchev–Trinajstić information content (AvgIpc) is 2.98. The van der Waals surface area contributed by atoms with Gasteiger partial charge in [-0.15, -0.1) is 0 Å². The highest BCUT2D eigenvalue weighted by Gasteiger charge is 2.07. The van der Waals surface area contributed by atoms with E-state index >= 15 is 0 Å². The Kier molecular flexibility index (Phi) is 5.43. The largest absolute Gasteiger partial charge is 0.494 e. The minimum Gasteiger partial charge on any atom is -0.494 e. The Morgan fingerprint density at radius 2 is 2.14 bits per heavy atom. The molecule has 0 fully saturated rings. The molecule has 0 unspecified atom stereocenters. The molecule has 4 heteroatoms. The molecule has 1 heterocycles. The van der Waals surface area contributed by atoms with E-state index in [0.717, 1.165) is 17.9 Å². The van der Waals surface area contributed by atoms with E-state index in [9.17, 15) is 4.79 Å². The standard InChI is InChI=1S/C17H21NO3/c1-13(2)8-10-21-15-6-3-5-14(11-15)17(19)18-12-16-7-4-9-20-16/h3-7,9,11,13H,8,10,12H2,1-2H3,(H,18,19). The third-order valence-electron chi connectivity index (χ3n) is 3.06. The third kappa shape index (κ3) is 4.99. The Morgan fingerprint density at radius 1 is 1.29 bits per heavy atom. The molecule has 0 aliphatic carbocycles. The Hall–Kier alpha value is -2.23. The molecule has 0 saturated heterocycles. The zero-order chi connectivity index (χ0) is 15.1. The van der Waals surface area contributed by atoms with Crippen LogP contribution in [0.1, 0.15) is 36.4 Å². The van der Waals surface area contributed by atoms with Crippen molar-refractivity contribution in [3.8, 4) is 5.75 Å². The van der Waals surface area contributed by atoms with Crippen LogP contribution in [0, 0.1) is 5.92 Å². The summed E-state index contributed by atoms with van der Waals surface area (Å²) in [6.07, 6.45) is 2.58. The van der Waals surface area contributed by atoms with Gasteiger partial charge in [-0.2, -0.15) is 0 Å². The zero-order valence-corrected chi connectivity index (χ0v) is 12.5. The highest BCUT2D eigenvalue weighted by molar-refractivity contribution is 5.94. The summed E-state index contributed by atoms with van der Waals surface area (Å²) in [6, 6.07) is 10.8. The number of hydrogen-bond donors (Lipinski definition) is 1. The zero-order valence-electron chi connectivity index (χ0n) is 12.5. The van der Waals surface area contributed by atoms with Gasteiger partial charge in [0, 0.05) is 5.56 Å². The van der Waals surface area contributed by atoms with Crippen molar-refractivity contribution in [3.63, 3.8) is 0 Å². The summed E-state index contributed by atoms with van der Waals surface area (Å²) in [5.41, 5.74) is 0.587. The Morgan fingerprint density at radius 3 is 2.86 bits per heavy atom. The molecule has 0 saturated carbocycles. The molecule has 1 aromatic carbocycles. The lowest BCUT2D eigenvalue weighted by molar-refractivity contribution is 0.0947. The smallest absolute Gasteiger partial charge is 0.251 e. The summed E-state index contributed by atoms with van der Waals surface area (Å²) >= 11 is 0. The first-order valence-electron chi connectivity index (χ1n) is 7.18. The number of rotatable bonds is 7. The predicted molar refractivity (Wildman–Crippen MR) is 81.3 cm³/mol. The molecule has 0 aliphatic rings. The highest BCUT2D eigenvalue weighted by atomic mass is 16.5. The lowest BCUT2D eigenvalue weighted by Gasteiger charge is -2.09. The van der Waals surface area contributed by atoms with Gasteiger partial charge in [0.25, 0.3) is 5.91 Å². The molecule has 4 nitrogen and oxygen atoms in total. The second-order valence-corrected chi connectivity index (χ2v) is 5.32. The van der Waals surface area contributed by atoms with Crippen molar-refractivity contribution in [1.82, 2.24) is 5.32 Å². The molecule has 2 rings (SSSR count). The summed E-state index contributed by atoms with van der Waals surface area (Å²) < 4.78 is 10.8. The van der Waals surface area contributed by atoms with E-state index in [1.165, 1.54) is 0 Å². The third-order valence-corrected chi connectivity index (χ3v) is 3.06. The molecule has 1 N–H and O–H groups in total. The number of carbonyl (C=O) groups excluding carboxylic acids is 1. The summed E-state index contributed by atoms with van der Waals surface area (Å²) in [5, 5.41) is 2.81. The van der Waals surface area contributed by atoms with E-state index < -0.39 is 0 Å². The van der Waals surface area contributed by atoms with Gasteiger partial charge in [0.05, 0.1) is 19.4 Å². The minimum atomic E-state index is -0.138. The monoisotopic (exact) mass is 287 g/mol. The van der Waals surface area contributed by atoms with Crippen LogP contribution in [0.3, 0.4) is 0 Å². The van der Waals surface area contributed by atoms with Gasteiger partial charge >= 0.3 is 0 Å². The molecular formula is C17H21NO3. The first-order chi connectivity index (χ1) is 10.1. The predicted octanol–water partition coefficient (Wildman–Crippen LogP) is 3.63. The minimum absolute atomic E-state index is 0.138.